The van der Waals surface area contributed by atoms with Crippen molar-refractivity contribution >= 4 is 33.3 Å². The van der Waals surface area contributed by atoms with Crippen molar-refractivity contribution in [3.05, 3.63) is 32.8 Å². The fourth-order valence-electron chi connectivity index (χ4n) is 0.979. The van der Waals surface area contributed by atoms with E-state index in [1.54, 1.807) is 6.07 Å². The van der Waals surface area contributed by atoms with Crippen LogP contribution in [0.15, 0.2) is 16.6 Å². The zero-order valence-electron chi connectivity index (χ0n) is 6.82. The van der Waals surface area contributed by atoms with E-state index in [0.717, 1.165) is 10.0 Å². The predicted octanol–water partition coefficient (Wildman–Crippen LogP) is 3.61. The molecule has 0 radical (unpaired) electrons. The zero-order valence-corrected chi connectivity index (χ0v) is 9.16. The number of hydrogen-bond acceptors (Lipinski definition) is 1. The monoisotopic (exact) mass is 246 g/mol. The minimum absolute atomic E-state index is 0.0180. The van der Waals surface area contributed by atoms with Crippen molar-refractivity contribution in [2.45, 2.75) is 13.8 Å². The van der Waals surface area contributed by atoms with Crippen molar-refractivity contribution in [1.82, 2.24) is 0 Å². The highest BCUT2D eigenvalue weighted by Crippen LogP contribution is 2.28. The van der Waals surface area contributed by atoms with Crippen LogP contribution >= 0.6 is 27.5 Å². The van der Waals surface area contributed by atoms with Crippen LogP contribution in [0, 0.1) is 6.92 Å². The topological polar surface area (TPSA) is 17.1 Å². The maximum atomic E-state index is 11.1. The van der Waals surface area contributed by atoms with Gasteiger partial charge >= 0.3 is 0 Å². The Morgan fingerprint density at radius 3 is 2.50 bits per heavy atom. The molecular formula is C9H8BrClO. The first kappa shape index (κ1) is 9.75. The van der Waals surface area contributed by atoms with E-state index in [9.17, 15) is 4.79 Å². The summed E-state index contributed by atoms with van der Waals surface area (Å²) in [6.07, 6.45) is 0. The second kappa shape index (κ2) is 3.58. The summed E-state index contributed by atoms with van der Waals surface area (Å²) in [5, 5.41) is 0.500. The van der Waals surface area contributed by atoms with E-state index in [4.69, 9.17) is 11.6 Å². The van der Waals surface area contributed by atoms with Gasteiger partial charge in [-0.25, -0.2) is 0 Å². The number of ketones is 1. The number of Topliss-reactive ketones (excluding diaryl/α,β-unsaturated/α-hetero) is 1. The van der Waals surface area contributed by atoms with E-state index in [1.165, 1.54) is 6.92 Å². The van der Waals surface area contributed by atoms with Crippen LogP contribution in [-0.2, 0) is 0 Å². The molecule has 0 saturated carbocycles. The smallest absolute Gasteiger partial charge is 0.162 e. The highest BCUT2D eigenvalue weighted by molar-refractivity contribution is 9.10. The van der Waals surface area contributed by atoms with Gasteiger partial charge in [-0.1, -0.05) is 17.7 Å². The molecule has 0 atom stereocenters. The van der Waals surface area contributed by atoms with E-state index in [0.29, 0.717) is 10.6 Å². The van der Waals surface area contributed by atoms with Crippen LogP contribution in [-0.4, -0.2) is 5.78 Å². The van der Waals surface area contributed by atoms with E-state index in [2.05, 4.69) is 15.9 Å². The fraction of sp³-hybridized carbons (Fsp3) is 0.222. The summed E-state index contributed by atoms with van der Waals surface area (Å²) in [7, 11) is 0. The minimum atomic E-state index is -0.0180. The third-order valence-electron chi connectivity index (χ3n) is 1.64. The second-order valence-corrected chi connectivity index (χ2v) is 3.81. The lowest BCUT2D eigenvalue weighted by atomic mass is 10.1. The van der Waals surface area contributed by atoms with Gasteiger partial charge in [-0.3, -0.25) is 4.79 Å². The van der Waals surface area contributed by atoms with E-state index in [-0.39, 0.29) is 5.78 Å². The van der Waals surface area contributed by atoms with Crippen LogP contribution in [0.1, 0.15) is 22.8 Å². The molecule has 0 unspecified atom stereocenters. The Hall–Kier alpha value is -0.340. The number of rotatable bonds is 1. The van der Waals surface area contributed by atoms with Crippen molar-refractivity contribution in [3.8, 4) is 0 Å². The lowest BCUT2D eigenvalue weighted by Gasteiger charge is -2.05. The summed E-state index contributed by atoms with van der Waals surface area (Å²) in [4.78, 5) is 11.1. The molecule has 1 rings (SSSR count). The van der Waals surface area contributed by atoms with Gasteiger partial charge in [-0.05, 0) is 41.4 Å². The lowest BCUT2D eigenvalue weighted by Crippen LogP contribution is -1.96. The molecule has 64 valence electrons. The normalized spacial score (nSPS) is 10.0. The van der Waals surface area contributed by atoms with Gasteiger partial charge in [0.15, 0.2) is 5.78 Å². The van der Waals surface area contributed by atoms with Crippen LogP contribution in [0.4, 0.5) is 0 Å². The van der Waals surface area contributed by atoms with Gasteiger partial charge in [0.25, 0.3) is 0 Å². The second-order valence-electron chi connectivity index (χ2n) is 2.61. The Labute approximate surface area is 84.9 Å². The summed E-state index contributed by atoms with van der Waals surface area (Å²) in [5.41, 5.74) is 1.58. The van der Waals surface area contributed by atoms with Gasteiger partial charge in [0.05, 0.1) is 10.6 Å². The van der Waals surface area contributed by atoms with E-state index >= 15 is 0 Å². The molecule has 0 spiro atoms. The number of aryl methyl sites for hydroxylation is 1. The molecule has 1 aromatic carbocycles. The Morgan fingerprint density at radius 1 is 1.50 bits per heavy atom. The lowest BCUT2D eigenvalue weighted by molar-refractivity contribution is 0.101. The first-order valence-corrected chi connectivity index (χ1v) is 4.66. The molecule has 1 nitrogen and oxygen atoms in total. The Kier molecular flexibility index (Phi) is 2.91. The molecule has 0 aliphatic carbocycles. The summed E-state index contributed by atoms with van der Waals surface area (Å²) >= 11 is 9.17. The summed E-state index contributed by atoms with van der Waals surface area (Å²) in [5.74, 6) is -0.0180. The van der Waals surface area contributed by atoms with E-state index in [1.807, 2.05) is 13.0 Å². The number of halogens is 2. The number of benzene rings is 1. The molecule has 0 aliphatic rings. The van der Waals surface area contributed by atoms with Crippen LogP contribution in [0.25, 0.3) is 0 Å². The molecular weight excluding hydrogens is 239 g/mol. The maximum Gasteiger partial charge on any atom is 0.162 e. The third-order valence-corrected chi connectivity index (χ3v) is 2.97. The van der Waals surface area contributed by atoms with Crippen LogP contribution in [0.3, 0.4) is 0 Å². The highest BCUT2D eigenvalue weighted by atomic mass is 79.9. The molecule has 1 aromatic rings. The average molecular weight is 248 g/mol. The minimum Gasteiger partial charge on any atom is -0.294 e. The maximum absolute atomic E-state index is 11.1. The largest absolute Gasteiger partial charge is 0.294 e. The standard InChI is InChI=1S/C9H8BrClO/c1-5-3-4-7(11)8(6(2)12)9(5)10/h3-4H,1-2H3. The van der Waals surface area contributed by atoms with Crippen LogP contribution in [0.5, 0.6) is 0 Å². The number of hydrogen-bond donors (Lipinski definition) is 0. The van der Waals surface area contributed by atoms with E-state index < -0.39 is 0 Å². The zero-order chi connectivity index (χ0) is 9.30. The number of carbonyl (C=O) groups excluding carboxylic acids is 1. The molecule has 3 heteroatoms. The summed E-state index contributed by atoms with van der Waals surface area (Å²) < 4.78 is 0.794. The first-order chi connectivity index (χ1) is 5.54. The quantitative estimate of drug-likeness (QED) is 0.693. The van der Waals surface area contributed by atoms with Crippen molar-refractivity contribution in [1.29, 1.82) is 0 Å². The predicted molar refractivity (Wildman–Crippen MR) is 53.9 cm³/mol. The summed E-state index contributed by atoms with van der Waals surface area (Å²) in [6, 6.07) is 3.61. The molecule has 0 saturated heterocycles. The molecule has 0 aromatic heterocycles. The number of carbonyl (C=O) groups is 1. The van der Waals surface area contributed by atoms with Gasteiger partial charge in [0, 0.05) is 4.47 Å². The fourth-order valence-corrected chi connectivity index (χ4v) is 2.01. The van der Waals surface area contributed by atoms with Gasteiger partial charge in [0.1, 0.15) is 0 Å². The summed E-state index contributed by atoms with van der Waals surface area (Å²) in [6.45, 7) is 3.43. The first-order valence-electron chi connectivity index (χ1n) is 3.49. The van der Waals surface area contributed by atoms with Gasteiger partial charge in [-0.2, -0.15) is 0 Å². The molecule has 0 fully saturated rings. The Morgan fingerprint density at radius 2 is 2.08 bits per heavy atom. The van der Waals surface area contributed by atoms with Crippen LogP contribution in [0.2, 0.25) is 5.02 Å². The molecule has 0 amide bonds. The van der Waals surface area contributed by atoms with Crippen molar-refractivity contribution in [2.24, 2.45) is 0 Å². The SMILES string of the molecule is CC(=O)c1c(Cl)ccc(C)c1Br. The highest BCUT2D eigenvalue weighted by Gasteiger charge is 2.11. The Bertz CT molecular complexity index is 334. The van der Waals surface area contributed by atoms with Crippen molar-refractivity contribution < 1.29 is 4.79 Å². The van der Waals surface area contributed by atoms with Crippen LogP contribution < -0.4 is 0 Å². The van der Waals surface area contributed by atoms with Gasteiger partial charge in [0.2, 0.25) is 0 Å². The van der Waals surface area contributed by atoms with Crippen molar-refractivity contribution in [3.63, 3.8) is 0 Å². The third kappa shape index (κ3) is 1.70. The molecule has 0 aliphatic heterocycles. The van der Waals surface area contributed by atoms with Gasteiger partial charge in [-0.15, -0.1) is 0 Å². The molecule has 0 bridgehead atoms. The average Bonchev–Trinajstić information content (AvgIpc) is 1.97. The molecule has 0 N–H and O–H groups in total. The molecule has 12 heavy (non-hydrogen) atoms. The molecule has 0 heterocycles. The van der Waals surface area contributed by atoms with Crippen molar-refractivity contribution in [2.75, 3.05) is 0 Å². The Balaban J connectivity index is 3.43. The van der Waals surface area contributed by atoms with Gasteiger partial charge < -0.3 is 0 Å².